The first-order chi connectivity index (χ1) is 18.1. The van der Waals surface area contributed by atoms with Gasteiger partial charge in [0.15, 0.2) is 0 Å². The van der Waals surface area contributed by atoms with Gasteiger partial charge in [-0.05, 0) is 60.2 Å². The number of anilines is 1. The first-order valence-corrected chi connectivity index (χ1v) is 13.5. The molecule has 1 saturated heterocycles. The molecule has 3 aromatic rings. The molecule has 1 aromatic carbocycles. The Labute approximate surface area is 225 Å². The molecule has 1 aliphatic carbocycles. The standard InChI is InChI=1S/C28H31ClF2N6O/c1-18-4-3-7-36(12-18)13-19-8-23(29)33-24(9-19)37-14-20-5-6-21(10-22(20)26(37)38)27(15-28(30,31)16-27)11-25-34-32-17-35(25)2/h5-6,8-10,17-18H,3-4,7,11-16H2,1-2H3/t18-/m0/s1. The summed E-state index contributed by atoms with van der Waals surface area (Å²) in [5.41, 5.74) is 2.35. The van der Waals surface area contributed by atoms with E-state index in [2.05, 4.69) is 27.0 Å². The van der Waals surface area contributed by atoms with E-state index >= 15 is 0 Å². The van der Waals surface area contributed by atoms with E-state index < -0.39 is 11.3 Å². The zero-order valence-corrected chi connectivity index (χ0v) is 22.4. The number of benzene rings is 1. The summed E-state index contributed by atoms with van der Waals surface area (Å²) in [6.07, 6.45) is 3.78. The molecule has 38 heavy (non-hydrogen) atoms. The van der Waals surface area contributed by atoms with Crippen LogP contribution in [-0.2, 0) is 32.0 Å². The molecular weight excluding hydrogens is 510 g/mol. The van der Waals surface area contributed by atoms with E-state index in [0.29, 0.717) is 41.2 Å². The normalized spacial score (nSPS) is 22.4. The van der Waals surface area contributed by atoms with Gasteiger partial charge in [-0.25, -0.2) is 13.8 Å². The summed E-state index contributed by atoms with van der Waals surface area (Å²) in [5, 5.41) is 8.39. The predicted molar refractivity (Wildman–Crippen MR) is 140 cm³/mol. The van der Waals surface area contributed by atoms with Gasteiger partial charge in [0.05, 0.1) is 6.54 Å². The molecule has 3 aliphatic rings. The molecule has 1 atom stereocenters. The lowest BCUT2D eigenvalue weighted by atomic mass is 9.60. The van der Waals surface area contributed by atoms with Gasteiger partial charge in [0.2, 0.25) is 5.92 Å². The van der Waals surface area contributed by atoms with Crippen molar-refractivity contribution in [2.45, 2.75) is 63.5 Å². The molecule has 2 aliphatic heterocycles. The van der Waals surface area contributed by atoms with Crippen molar-refractivity contribution in [1.82, 2.24) is 24.6 Å². The van der Waals surface area contributed by atoms with Crippen molar-refractivity contribution in [1.29, 1.82) is 0 Å². The van der Waals surface area contributed by atoms with E-state index in [1.165, 1.54) is 12.8 Å². The Morgan fingerprint density at radius 3 is 2.71 bits per heavy atom. The van der Waals surface area contributed by atoms with Crippen LogP contribution < -0.4 is 4.90 Å². The van der Waals surface area contributed by atoms with Crippen LogP contribution >= 0.6 is 11.6 Å². The average molecular weight is 541 g/mol. The van der Waals surface area contributed by atoms with Crippen LogP contribution in [0.4, 0.5) is 14.6 Å². The van der Waals surface area contributed by atoms with Gasteiger partial charge in [0.25, 0.3) is 5.91 Å². The number of piperidine rings is 1. The van der Waals surface area contributed by atoms with E-state index in [0.717, 1.165) is 36.3 Å². The van der Waals surface area contributed by atoms with Crippen molar-refractivity contribution < 1.29 is 13.6 Å². The predicted octanol–water partition coefficient (Wildman–Crippen LogP) is 5.17. The molecule has 0 bridgehead atoms. The minimum absolute atomic E-state index is 0.186. The molecule has 0 spiro atoms. The molecule has 10 heteroatoms. The first kappa shape index (κ1) is 25.4. The van der Waals surface area contributed by atoms with Gasteiger partial charge >= 0.3 is 0 Å². The third-order valence-corrected chi connectivity index (χ3v) is 8.48. The molecule has 0 N–H and O–H groups in total. The second-order valence-corrected chi connectivity index (χ2v) is 11.8. The number of rotatable bonds is 6. The number of likely N-dealkylation sites (tertiary alicyclic amines) is 1. The number of fused-ring (bicyclic) bond motifs is 1. The molecule has 1 saturated carbocycles. The number of pyridine rings is 1. The summed E-state index contributed by atoms with van der Waals surface area (Å²) in [7, 11) is 1.81. The molecule has 4 heterocycles. The van der Waals surface area contributed by atoms with E-state index in [1.807, 2.05) is 31.3 Å². The van der Waals surface area contributed by atoms with Crippen molar-refractivity contribution in [2.24, 2.45) is 13.0 Å². The van der Waals surface area contributed by atoms with Crippen molar-refractivity contribution >= 4 is 23.3 Å². The minimum atomic E-state index is -2.74. The van der Waals surface area contributed by atoms with Crippen LogP contribution in [0.1, 0.15) is 65.5 Å². The Bertz CT molecular complexity index is 1380. The fourth-order valence-corrected chi connectivity index (χ4v) is 6.63. The maximum absolute atomic E-state index is 14.2. The number of amides is 1. The highest BCUT2D eigenvalue weighted by Crippen LogP contribution is 2.55. The van der Waals surface area contributed by atoms with Crippen LogP contribution in [-0.4, -0.2) is 49.6 Å². The lowest BCUT2D eigenvalue weighted by molar-refractivity contribution is -0.127. The minimum Gasteiger partial charge on any atom is -0.321 e. The van der Waals surface area contributed by atoms with Crippen LogP contribution in [0.5, 0.6) is 0 Å². The average Bonchev–Trinajstić information content (AvgIpc) is 3.39. The maximum Gasteiger partial charge on any atom is 0.260 e. The highest BCUT2D eigenvalue weighted by Gasteiger charge is 2.57. The Hall–Kier alpha value is -2.91. The summed E-state index contributed by atoms with van der Waals surface area (Å²) < 4.78 is 30.2. The van der Waals surface area contributed by atoms with Crippen molar-refractivity contribution in [2.75, 3.05) is 18.0 Å². The van der Waals surface area contributed by atoms with Gasteiger partial charge in [-0.2, -0.15) is 0 Å². The number of carbonyl (C=O) groups excluding carboxylic acids is 1. The number of carbonyl (C=O) groups is 1. The van der Waals surface area contributed by atoms with Crippen molar-refractivity contribution in [3.8, 4) is 0 Å². The summed E-state index contributed by atoms with van der Waals surface area (Å²) in [4.78, 5) is 22.1. The third-order valence-electron chi connectivity index (χ3n) is 8.29. The zero-order valence-electron chi connectivity index (χ0n) is 21.6. The third kappa shape index (κ3) is 4.71. The number of aryl methyl sites for hydroxylation is 1. The number of hydrogen-bond acceptors (Lipinski definition) is 5. The molecule has 1 amide bonds. The Kier molecular flexibility index (Phi) is 6.26. The monoisotopic (exact) mass is 540 g/mol. The van der Waals surface area contributed by atoms with Gasteiger partial charge in [0.1, 0.15) is 23.1 Å². The largest absolute Gasteiger partial charge is 0.321 e. The van der Waals surface area contributed by atoms with Crippen LogP contribution in [0.15, 0.2) is 36.7 Å². The fraction of sp³-hybridized carbons (Fsp3) is 0.500. The van der Waals surface area contributed by atoms with Crippen LogP contribution in [0.3, 0.4) is 0 Å². The Morgan fingerprint density at radius 2 is 2.00 bits per heavy atom. The molecule has 2 aromatic heterocycles. The van der Waals surface area contributed by atoms with Crippen molar-refractivity contribution in [3.05, 3.63) is 69.9 Å². The quantitative estimate of drug-likeness (QED) is 0.404. The summed E-state index contributed by atoms with van der Waals surface area (Å²) in [6.45, 7) is 5.49. The smallest absolute Gasteiger partial charge is 0.260 e. The van der Waals surface area contributed by atoms with Crippen LogP contribution in [0.2, 0.25) is 5.15 Å². The highest BCUT2D eigenvalue weighted by molar-refractivity contribution is 6.29. The second-order valence-electron chi connectivity index (χ2n) is 11.4. The molecule has 6 rings (SSSR count). The number of alkyl halides is 2. The molecule has 0 unspecified atom stereocenters. The molecular formula is C28H31ClF2N6O. The van der Waals surface area contributed by atoms with E-state index in [-0.39, 0.29) is 18.7 Å². The van der Waals surface area contributed by atoms with Crippen LogP contribution in [0, 0.1) is 5.92 Å². The summed E-state index contributed by atoms with van der Waals surface area (Å²) in [5.74, 6) is -1.09. The SMILES string of the molecule is C[C@H]1CCCN(Cc2cc(Cl)nc(N3Cc4ccc(C5(Cc6nncn6C)CC(F)(F)C5)cc4C3=O)c2)C1. The lowest BCUT2D eigenvalue weighted by Gasteiger charge is -2.47. The fourth-order valence-electron chi connectivity index (χ4n) is 6.41. The lowest BCUT2D eigenvalue weighted by Crippen LogP contribution is -2.51. The number of hydrogen-bond donors (Lipinski definition) is 0. The molecule has 7 nitrogen and oxygen atoms in total. The maximum atomic E-state index is 14.2. The summed E-state index contributed by atoms with van der Waals surface area (Å²) in [6, 6.07) is 9.37. The topological polar surface area (TPSA) is 67.2 Å². The van der Waals surface area contributed by atoms with Gasteiger partial charge in [0, 0.05) is 50.4 Å². The molecule has 0 radical (unpaired) electrons. The Morgan fingerprint density at radius 1 is 1.18 bits per heavy atom. The van der Waals surface area contributed by atoms with Gasteiger partial charge in [-0.1, -0.05) is 30.7 Å². The molecule has 2 fully saturated rings. The van der Waals surface area contributed by atoms with Crippen molar-refractivity contribution in [3.63, 3.8) is 0 Å². The zero-order chi connectivity index (χ0) is 26.7. The van der Waals surface area contributed by atoms with E-state index in [9.17, 15) is 13.6 Å². The number of halogens is 3. The number of nitrogens with zero attached hydrogens (tertiary/aromatic N) is 6. The Balaban J connectivity index is 1.26. The van der Waals surface area contributed by atoms with E-state index in [1.54, 1.807) is 21.9 Å². The first-order valence-electron chi connectivity index (χ1n) is 13.2. The number of aromatic nitrogens is 4. The van der Waals surface area contributed by atoms with Crippen LogP contribution in [0.25, 0.3) is 0 Å². The van der Waals surface area contributed by atoms with Gasteiger partial charge in [-0.15, -0.1) is 10.2 Å². The highest BCUT2D eigenvalue weighted by atomic mass is 35.5. The summed E-state index contributed by atoms with van der Waals surface area (Å²) >= 11 is 6.40. The van der Waals surface area contributed by atoms with Gasteiger partial charge in [-0.3, -0.25) is 14.6 Å². The second kappa shape index (κ2) is 9.38. The van der Waals surface area contributed by atoms with Gasteiger partial charge < -0.3 is 4.57 Å². The molecule has 200 valence electrons. The van der Waals surface area contributed by atoms with E-state index in [4.69, 9.17) is 11.6 Å².